The van der Waals surface area contributed by atoms with Gasteiger partial charge in [0.05, 0.1) is 6.10 Å². The van der Waals surface area contributed by atoms with Crippen LogP contribution in [0.4, 0.5) is 0 Å². The third-order valence-corrected chi connectivity index (χ3v) is 8.90. The van der Waals surface area contributed by atoms with Crippen molar-refractivity contribution in [3.63, 3.8) is 0 Å². The Morgan fingerprint density at radius 2 is 1.70 bits per heavy atom. The van der Waals surface area contributed by atoms with Crippen LogP contribution in [-0.4, -0.2) is 62.0 Å². The maximum absolute atomic E-state index is 13.2. The number of aliphatic hydroxyl groups is 3. The number of ether oxygens (including phenoxy) is 1. The molecule has 1 aliphatic carbocycles. The molecule has 6 nitrogen and oxygen atoms in total. The number of rotatable bonds is 5. The van der Waals surface area contributed by atoms with Gasteiger partial charge in [-0.15, -0.1) is 0 Å². The molecular formula is C20H31NO5S. The van der Waals surface area contributed by atoms with Gasteiger partial charge in [0.1, 0.15) is 24.4 Å². The first-order valence-corrected chi connectivity index (χ1v) is 11.5. The number of hydrogen-bond acceptors (Lipinski definition) is 6. The summed E-state index contributed by atoms with van der Waals surface area (Å²) in [5.41, 5.74) is 1.84. The lowest BCUT2D eigenvalue weighted by Gasteiger charge is -2.41. The molecule has 27 heavy (non-hydrogen) atoms. The maximum Gasteiger partial charge on any atom is 0.113 e. The summed E-state index contributed by atoms with van der Waals surface area (Å²) in [6, 6.07) is 7.54. The predicted octanol–water partition coefficient (Wildman–Crippen LogP) is 1.95. The van der Waals surface area contributed by atoms with Gasteiger partial charge in [0.15, 0.2) is 0 Å². The van der Waals surface area contributed by atoms with Crippen LogP contribution in [0.3, 0.4) is 0 Å². The molecule has 7 heteroatoms. The molecule has 0 bridgehead atoms. The molecule has 3 rings (SSSR count). The van der Waals surface area contributed by atoms with Gasteiger partial charge in [0.25, 0.3) is 0 Å². The zero-order chi connectivity index (χ0) is 19.6. The molecule has 1 aromatic carbocycles. The van der Waals surface area contributed by atoms with Crippen LogP contribution in [0.1, 0.15) is 49.3 Å². The van der Waals surface area contributed by atoms with E-state index in [2.05, 4.69) is 4.36 Å². The van der Waals surface area contributed by atoms with E-state index in [0.29, 0.717) is 12.2 Å². The normalized spacial score (nSPS) is 34.3. The second-order valence-corrected chi connectivity index (χ2v) is 10.6. The standard InChI is InChI=1S/C20H31NO5S/c1-13-7-9-14(10-8-13)20-19(24)18(23)17(22)16(26-20)11-12-27(25,21-2)15-5-3-4-6-15/h7-10,15-20,22-24H,3-6,11-12H2,1-2H3/t16-,17-,18+,19+,20?,27?/m1/s1. The molecule has 152 valence electrons. The molecule has 1 heterocycles. The Kier molecular flexibility index (Phi) is 6.58. The van der Waals surface area contributed by atoms with Crippen LogP contribution in [0.15, 0.2) is 28.6 Å². The van der Waals surface area contributed by atoms with Gasteiger partial charge in [0, 0.05) is 27.8 Å². The van der Waals surface area contributed by atoms with Crippen molar-refractivity contribution < 1.29 is 24.3 Å². The van der Waals surface area contributed by atoms with Crippen LogP contribution in [-0.2, 0) is 14.5 Å². The zero-order valence-electron chi connectivity index (χ0n) is 16.0. The van der Waals surface area contributed by atoms with Crippen molar-refractivity contribution in [1.29, 1.82) is 0 Å². The smallest absolute Gasteiger partial charge is 0.113 e. The number of aliphatic hydroxyl groups excluding tert-OH is 3. The second-order valence-electron chi connectivity index (χ2n) is 7.75. The van der Waals surface area contributed by atoms with Gasteiger partial charge < -0.3 is 20.1 Å². The lowest BCUT2D eigenvalue weighted by atomic mass is 9.90. The highest BCUT2D eigenvalue weighted by molar-refractivity contribution is 7.94. The van der Waals surface area contributed by atoms with Crippen LogP contribution in [0.25, 0.3) is 0 Å². The molecule has 3 N–H and O–H groups in total. The van der Waals surface area contributed by atoms with Crippen molar-refractivity contribution in [2.24, 2.45) is 4.36 Å². The molecule has 1 aromatic rings. The van der Waals surface area contributed by atoms with Gasteiger partial charge in [-0.3, -0.25) is 0 Å². The van der Waals surface area contributed by atoms with Gasteiger partial charge in [-0.25, -0.2) is 8.57 Å². The number of hydrogen-bond donors (Lipinski definition) is 3. The summed E-state index contributed by atoms with van der Waals surface area (Å²) in [5.74, 6) is 0.333. The van der Waals surface area contributed by atoms with E-state index >= 15 is 0 Å². The fourth-order valence-electron chi connectivity index (χ4n) is 4.17. The summed E-state index contributed by atoms with van der Waals surface area (Å²) in [7, 11) is -0.753. The fraction of sp³-hybridized carbons (Fsp3) is 0.700. The van der Waals surface area contributed by atoms with Gasteiger partial charge >= 0.3 is 0 Å². The first-order valence-electron chi connectivity index (χ1n) is 9.73. The Hall–Kier alpha value is -0.990. The summed E-state index contributed by atoms with van der Waals surface area (Å²) < 4.78 is 23.4. The first kappa shape index (κ1) is 20.7. The van der Waals surface area contributed by atoms with Gasteiger partial charge in [-0.2, -0.15) is 0 Å². The van der Waals surface area contributed by atoms with E-state index in [1.54, 1.807) is 7.05 Å². The monoisotopic (exact) mass is 397 g/mol. The summed E-state index contributed by atoms with van der Waals surface area (Å²) >= 11 is 0. The second kappa shape index (κ2) is 8.57. The summed E-state index contributed by atoms with van der Waals surface area (Å²) in [6.07, 6.45) is -0.806. The Bertz CT molecular complexity index is 737. The quantitative estimate of drug-likeness (QED) is 0.705. The first-order chi connectivity index (χ1) is 12.9. The van der Waals surface area contributed by atoms with Crippen molar-refractivity contribution in [1.82, 2.24) is 0 Å². The molecule has 2 fully saturated rings. The fourth-order valence-corrected chi connectivity index (χ4v) is 6.62. The van der Waals surface area contributed by atoms with Crippen molar-refractivity contribution in [3.05, 3.63) is 35.4 Å². The average molecular weight is 398 g/mol. The lowest BCUT2D eigenvalue weighted by molar-refractivity contribution is -0.224. The Balaban J connectivity index is 1.74. The van der Waals surface area contributed by atoms with E-state index in [9.17, 15) is 19.5 Å². The Morgan fingerprint density at radius 3 is 2.30 bits per heavy atom. The third-order valence-electron chi connectivity index (χ3n) is 5.95. The minimum atomic E-state index is -2.36. The highest BCUT2D eigenvalue weighted by Gasteiger charge is 2.44. The molecule has 1 saturated carbocycles. The molecule has 1 aliphatic heterocycles. The SMILES string of the molecule is CN=S(=O)(CC[C@H]1OC(c2ccc(C)cc2)[C@@H](O)[C@@H](O)[C@@H]1O)C1CCCC1. The highest BCUT2D eigenvalue weighted by Crippen LogP contribution is 2.35. The average Bonchev–Trinajstić information content (AvgIpc) is 3.22. The van der Waals surface area contributed by atoms with Crippen LogP contribution < -0.4 is 0 Å². The molecule has 2 aliphatic rings. The molecule has 0 amide bonds. The van der Waals surface area contributed by atoms with Crippen LogP contribution in [0, 0.1) is 6.92 Å². The van der Waals surface area contributed by atoms with Crippen molar-refractivity contribution in [2.75, 3.05) is 12.8 Å². The van der Waals surface area contributed by atoms with Crippen LogP contribution >= 0.6 is 0 Å². The topological polar surface area (TPSA) is 99.4 Å². The summed E-state index contributed by atoms with van der Waals surface area (Å²) in [6.45, 7) is 1.97. The third kappa shape index (κ3) is 4.38. The molecule has 0 aromatic heterocycles. The number of aryl methyl sites for hydroxylation is 1. The number of nitrogens with zero attached hydrogens (tertiary/aromatic N) is 1. The largest absolute Gasteiger partial charge is 0.388 e. The molecule has 2 unspecified atom stereocenters. The number of benzene rings is 1. The molecule has 0 spiro atoms. The van der Waals surface area contributed by atoms with E-state index in [1.807, 2.05) is 31.2 Å². The van der Waals surface area contributed by atoms with Gasteiger partial charge in [-0.1, -0.05) is 42.7 Å². The van der Waals surface area contributed by atoms with Crippen LogP contribution in [0.5, 0.6) is 0 Å². The van der Waals surface area contributed by atoms with E-state index in [1.165, 1.54) is 0 Å². The summed E-state index contributed by atoms with van der Waals surface area (Å²) in [4.78, 5) is 0. The molecular weight excluding hydrogens is 366 g/mol. The van der Waals surface area contributed by atoms with Gasteiger partial charge in [0.2, 0.25) is 0 Å². The molecule has 0 radical (unpaired) electrons. The van der Waals surface area contributed by atoms with Crippen LogP contribution in [0.2, 0.25) is 0 Å². The van der Waals surface area contributed by atoms with Gasteiger partial charge in [-0.05, 0) is 31.7 Å². The Labute approximate surface area is 161 Å². The lowest BCUT2D eigenvalue weighted by Crippen LogP contribution is -2.54. The zero-order valence-corrected chi connectivity index (χ0v) is 16.8. The Morgan fingerprint density at radius 1 is 1.07 bits per heavy atom. The van der Waals surface area contributed by atoms with Crippen molar-refractivity contribution in [3.8, 4) is 0 Å². The van der Waals surface area contributed by atoms with E-state index in [-0.39, 0.29) is 5.25 Å². The molecule has 6 atom stereocenters. The van der Waals surface area contributed by atoms with E-state index < -0.39 is 40.2 Å². The summed E-state index contributed by atoms with van der Waals surface area (Å²) in [5, 5.41) is 31.2. The minimum Gasteiger partial charge on any atom is -0.388 e. The minimum absolute atomic E-state index is 0.103. The van der Waals surface area contributed by atoms with Crippen molar-refractivity contribution >= 4 is 9.73 Å². The highest BCUT2D eigenvalue weighted by atomic mass is 32.2. The van der Waals surface area contributed by atoms with E-state index in [4.69, 9.17) is 4.74 Å². The molecule has 1 saturated heterocycles. The van der Waals surface area contributed by atoms with Crippen molar-refractivity contribution in [2.45, 2.75) is 74.8 Å². The predicted molar refractivity (Wildman–Crippen MR) is 105 cm³/mol. The van der Waals surface area contributed by atoms with E-state index in [0.717, 1.165) is 36.8 Å². The maximum atomic E-state index is 13.2.